The van der Waals surface area contributed by atoms with Crippen LogP contribution in [0.3, 0.4) is 0 Å². The molecule has 8 heteroatoms. The summed E-state index contributed by atoms with van der Waals surface area (Å²) in [5, 5.41) is 10.5. The van der Waals surface area contributed by atoms with Crippen molar-refractivity contribution < 1.29 is 0 Å². The van der Waals surface area contributed by atoms with E-state index in [0.717, 1.165) is 47.0 Å². The molecule has 27 heavy (non-hydrogen) atoms. The smallest absolute Gasteiger partial charge is 0.252 e. The number of H-pyrrole nitrogens is 1. The molecule has 7 nitrogen and oxygen atoms in total. The van der Waals surface area contributed by atoms with Gasteiger partial charge < -0.3 is 5.32 Å². The first-order valence-electron chi connectivity index (χ1n) is 8.81. The van der Waals surface area contributed by atoms with E-state index >= 15 is 0 Å². The summed E-state index contributed by atoms with van der Waals surface area (Å²) in [5.41, 5.74) is 2.97. The summed E-state index contributed by atoms with van der Waals surface area (Å²) >= 11 is 6.16. The molecule has 2 N–H and O–H groups in total. The molecule has 3 heterocycles. The average molecular weight is 383 g/mol. The highest BCUT2D eigenvalue weighted by Gasteiger charge is 2.14. The Morgan fingerprint density at radius 1 is 1.22 bits per heavy atom. The molecular formula is C19H19ClN6O. The van der Waals surface area contributed by atoms with E-state index in [4.69, 9.17) is 21.7 Å². The maximum atomic E-state index is 11.8. The lowest BCUT2D eigenvalue weighted by Crippen LogP contribution is -2.16. The third kappa shape index (κ3) is 3.43. The van der Waals surface area contributed by atoms with Crippen LogP contribution in [-0.4, -0.2) is 37.8 Å². The van der Waals surface area contributed by atoms with E-state index in [2.05, 4.69) is 22.2 Å². The standard InChI is InChI=1S/C19H19ClN6O/c1-3-21-7-6-15-14-10-26(19-22-11(2)8-17(27)24-19)25-18(14)13-5-4-12(20)9-16(13)23-15/h4-5,8-10,21H,3,6-7H2,1-2H3,(H,22,24,27). The zero-order valence-electron chi connectivity index (χ0n) is 15.1. The number of hydrogen-bond acceptors (Lipinski definition) is 5. The number of aromatic amines is 1. The maximum Gasteiger partial charge on any atom is 0.252 e. The highest BCUT2D eigenvalue weighted by molar-refractivity contribution is 6.31. The summed E-state index contributed by atoms with van der Waals surface area (Å²) in [5.74, 6) is 0.385. The Kier molecular flexibility index (Phi) is 4.63. The van der Waals surface area contributed by atoms with Crippen LogP contribution in [-0.2, 0) is 6.42 Å². The van der Waals surface area contributed by atoms with E-state index in [1.54, 1.807) is 11.6 Å². The van der Waals surface area contributed by atoms with Crippen LogP contribution >= 0.6 is 11.6 Å². The van der Waals surface area contributed by atoms with Crippen LogP contribution in [0, 0.1) is 6.92 Å². The number of nitrogens with zero attached hydrogens (tertiary/aromatic N) is 4. The number of fused-ring (bicyclic) bond motifs is 3. The molecule has 0 saturated heterocycles. The lowest BCUT2D eigenvalue weighted by molar-refractivity contribution is 0.712. The summed E-state index contributed by atoms with van der Waals surface area (Å²) in [6, 6.07) is 7.05. The van der Waals surface area contributed by atoms with E-state index in [-0.39, 0.29) is 5.56 Å². The summed E-state index contributed by atoms with van der Waals surface area (Å²) in [6.45, 7) is 5.56. The molecule has 0 aliphatic carbocycles. The largest absolute Gasteiger partial charge is 0.317 e. The lowest BCUT2D eigenvalue weighted by Gasteiger charge is -2.06. The molecule has 0 radical (unpaired) electrons. The Labute approximate surface area is 160 Å². The molecule has 138 valence electrons. The monoisotopic (exact) mass is 382 g/mol. The zero-order chi connectivity index (χ0) is 19.0. The minimum Gasteiger partial charge on any atom is -0.317 e. The number of likely N-dealkylation sites (N-methyl/N-ethyl adjacent to an activating group) is 1. The van der Waals surface area contributed by atoms with Gasteiger partial charge in [-0.25, -0.2) is 9.67 Å². The van der Waals surface area contributed by atoms with Crippen LogP contribution in [0.15, 0.2) is 35.3 Å². The van der Waals surface area contributed by atoms with Gasteiger partial charge in [0.2, 0.25) is 5.95 Å². The van der Waals surface area contributed by atoms with Crippen LogP contribution in [0.5, 0.6) is 0 Å². The number of nitrogens with one attached hydrogen (secondary N) is 2. The van der Waals surface area contributed by atoms with Crippen molar-refractivity contribution >= 4 is 33.4 Å². The predicted octanol–water partition coefficient (Wildman–Crippen LogP) is 2.77. The highest BCUT2D eigenvalue weighted by atomic mass is 35.5. The summed E-state index contributed by atoms with van der Waals surface area (Å²) in [7, 11) is 0. The van der Waals surface area contributed by atoms with Gasteiger partial charge in [0.05, 0.1) is 11.2 Å². The zero-order valence-corrected chi connectivity index (χ0v) is 15.8. The van der Waals surface area contributed by atoms with Crippen LogP contribution < -0.4 is 10.9 Å². The van der Waals surface area contributed by atoms with Crippen molar-refractivity contribution in [1.82, 2.24) is 30.0 Å². The van der Waals surface area contributed by atoms with Crippen LogP contribution in [0.25, 0.3) is 27.8 Å². The molecule has 4 rings (SSSR count). The SMILES string of the molecule is CCNCCc1nc2cc(Cl)ccc2c2nn(-c3nc(C)cc(=O)[nH]3)cc12. The Bertz CT molecular complexity index is 1200. The second-order valence-corrected chi connectivity index (χ2v) is 6.81. The second kappa shape index (κ2) is 7.09. The molecule has 0 atom stereocenters. The summed E-state index contributed by atoms with van der Waals surface area (Å²) in [4.78, 5) is 23.8. The van der Waals surface area contributed by atoms with Crippen LogP contribution in [0.4, 0.5) is 0 Å². The first-order chi connectivity index (χ1) is 13.0. The van der Waals surface area contributed by atoms with Crippen molar-refractivity contribution in [3.63, 3.8) is 0 Å². The molecule has 0 unspecified atom stereocenters. The molecule has 4 aromatic rings. The number of rotatable bonds is 5. The molecule has 0 spiro atoms. The predicted molar refractivity (Wildman–Crippen MR) is 107 cm³/mol. The number of hydrogen-bond donors (Lipinski definition) is 2. The van der Waals surface area contributed by atoms with Gasteiger partial charge in [-0.3, -0.25) is 14.8 Å². The second-order valence-electron chi connectivity index (χ2n) is 6.37. The number of halogens is 1. The molecule has 0 saturated carbocycles. The van der Waals surface area contributed by atoms with Crippen molar-refractivity contribution in [3.05, 3.63) is 57.2 Å². The first kappa shape index (κ1) is 17.6. The third-order valence-electron chi connectivity index (χ3n) is 4.36. The number of benzene rings is 1. The number of aromatic nitrogens is 5. The quantitative estimate of drug-likeness (QED) is 0.518. The maximum absolute atomic E-state index is 11.8. The molecule has 0 aliphatic rings. The van der Waals surface area contributed by atoms with Crippen LogP contribution in [0.1, 0.15) is 18.3 Å². The van der Waals surface area contributed by atoms with Crippen molar-refractivity contribution in [2.24, 2.45) is 0 Å². The van der Waals surface area contributed by atoms with E-state index in [9.17, 15) is 4.79 Å². The Morgan fingerprint density at radius 2 is 2.07 bits per heavy atom. The van der Waals surface area contributed by atoms with Gasteiger partial charge in [-0.1, -0.05) is 18.5 Å². The van der Waals surface area contributed by atoms with Gasteiger partial charge in [-0.05, 0) is 31.7 Å². The highest BCUT2D eigenvalue weighted by Crippen LogP contribution is 2.28. The fourth-order valence-electron chi connectivity index (χ4n) is 3.14. The van der Waals surface area contributed by atoms with Gasteiger partial charge >= 0.3 is 0 Å². The minimum absolute atomic E-state index is 0.209. The van der Waals surface area contributed by atoms with E-state index in [1.807, 2.05) is 24.4 Å². The summed E-state index contributed by atoms with van der Waals surface area (Å²) in [6.07, 6.45) is 2.63. The number of pyridine rings is 1. The van der Waals surface area contributed by atoms with Crippen molar-refractivity contribution in [1.29, 1.82) is 0 Å². The molecule has 0 bridgehead atoms. The minimum atomic E-state index is -0.209. The molecule has 0 amide bonds. The Balaban J connectivity index is 1.94. The molecule has 3 aromatic heterocycles. The first-order valence-corrected chi connectivity index (χ1v) is 9.19. The topological polar surface area (TPSA) is 88.5 Å². The van der Waals surface area contributed by atoms with Crippen molar-refractivity contribution in [2.75, 3.05) is 13.1 Å². The van der Waals surface area contributed by atoms with E-state index in [1.165, 1.54) is 6.07 Å². The molecule has 1 aromatic carbocycles. The third-order valence-corrected chi connectivity index (χ3v) is 4.59. The molecule has 0 fully saturated rings. The average Bonchev–Trinajstić information content (AvgIpc) is 3.06. The molecule has 0 aliphatic heterocycles. The Hall–Kier alpha value is -2.77. The molecular weight excluding hydrogens is 364 g/mol. The number of aryl methyl sites for hydroxylation is 1. The van der Waals surface area contributed by atoms with Gasteiger partial charge in [0.1, 0.15) is 5.52 Å². The fraction of sp³-hybridized carbons (Fsp3) is 0.263. The van der Waals surface area contributed by atoms with Crippen LogP contribution in [0.2, 0.25) is 5.02 Å². The Morgan fingerprint density at radius 3 is 2.85 bits per heavy atom. The van der Waals surface area contributed by atoms with Crippen molar-refractivity contribution in [2.45, 2.75) is 20.3 Å². The van der Waals surface area contributed by atoms with Gasteiger partial charge in [-0.15, -0.1) is 0 Å². The van der Waals surface area contributed by atoms with E-state index < -0.39 is 0 Å². The lowest BCUT2D eigenvalue weighted by atomic mass is 10.1. The van der Waals surface area contributed by atoms with Crippen molar-refractivity contribution in [3.8, 4) is 5.95 Å². The van der Waals surface area contributed by atoms with Gasteiger partial charge in [0.15, 0.2) is 0 Å². The van der Waals surface area contributed by atoms with Gasteiger partial charge in [-0.2, -0.15) is 5.10 Å². The summed E-state index contributed by atoms with van der Waals surface area (Å²) < 4.78 is 1.60. The fourth-order valence-corrected chi connectivity index (χ4v) is 3.31. The normalized spacial score (nSPS) is 11.5. The van der Waals surface area contributed by atoms with Gasteiger partial charge in [0, 0.05) is 46.7 Å². The van der Waals surface area contributed by atoms with E-state index in [0.29, 0.717) is 16.7 Å². The van der Waals surface area contributed by atoms with Gasteiger partial charge in [0.25, 0.3) is 5.56 Å².